The van der Waals surface area contributed by atoms with Crippen LogP contribution in [0.5, 0.6) is 5.75 Å². The van der Waals surface area contributed by atoms with E-state index in [0.717, 1.165) is 0 Å². The molecule has 1 rings (SSSR count). The standard InChI is InChI=1S/C12H18N2O5S/c1-9(12(15)14-7-8-18-2)19-10-3-5-11(6-4-10)20(13,16)17/h3-6,9H,7-8H2,1-2H3,(H,14,15)(H2,13,16,17). The predicted octanol–water partition coefficient (Wildman–Crippen LogP) is -0.136. The van der Waals surface area contributed by atoms with Crippen molar-refractivity contribution in [1.82, 2.24) is 5.32 Å². The van der Waals surface area contributed by atoms with Crippen LogP contribution in [0.3, 0.4) is 0 Å². The van der Waals surface area contributed by atoms with Gasteiger partial charge in [0.2, 0.25) is 10.0 Å². The normalized spacial score (nSPS) is 12.8. The number of primary sulfonamides is 1. The lowest BCUT2D eigenvalue weighted by molar-refractivity contribution is -0.127. The molecule has 0 aliphatic carbocycles. The fraction of sp³-hybridized carbons (Fsp3) is 0.417. The van der Waals surface area contributed by atoms with E-state index < -0.39 is 16.1 Å². The maximum absolute atomic E-state index is 11.6. The van der Waals surface area contributed by atoms with Gasteiger partial charge >= 0.3 is 0 Å². The molecule has 0 aliphatic rings. The Bertz CT molecular complexity index is 541. The summed E-state index contributed by atoms with van der Waals surface area (Å²) in [5, 5.41) is 7.61. The molecule has 3 N–H and O–H groups in total. The molecule has 0 bridgehead atoms. The van der Waals surface area contributed by atoms with Crippen molar-refractivity contribution >= 4 is 15.9 Å². The Morgan fingerprint density at radius 2 is 1.95 bits per heavy atom. The van der Waals surface area contributed by atoms with Gasteiger partial charge in [0.25, 0.3) is 5.91 Å². The molecule has 112 valence electrons. The topological polar surface area (TPSA) is 108 Å². The summed E-state index contributed by atoms with van der Waals surface area (Å²) in [5.41, 5.74) is 0. The maximum Gasteiger partial charge on any atom is 0.260 e. The zero-order valence-electron chi connectivity index (χ0n) is 11.3. The molecule has 1 aromatic carbocycles. The molecule has 0 spiro atoms. The first kappa shape index (κ1) is 16.4. The highest BCUT2D eigenvalue weighted by atomic mass is 32.2. The zero-order chi connectivity index (χ0) is 15.2. The van der Waals surface area contributed by atoms with Crippen LogP contribution in [0.15, 0.2) is 29.2 Å². The molecular weight excluding hydrogens is 284 g/mol. The minimum Gasteiger partial charge on any atom is -0.481 e. The smallest absolute Gasteiger partial charge is 0.260 e. The number of rotatable bonds is 7. The molecule has 1 atom stereocenters. The van der Waals surface area contributed by atoms with Crippen LogP contribution in [0, 0.1) is 0 Å². The van der Waals surface area contributed by atoms with Crippen LogP contribution < -0.4 is 15.2 Å². The van der Waals surface area contributed by atoms with Gasteiger partial charge in [-0.3, -0.25) is 4.79 Å². The molecule has 0 aromatic heterocycles. The maximum atomic E-state index is 11.6. The van der Waals surface area contributed by atoms with Gasteiger partial charge < -0.3 is 14.8 Å². The van der Waals surface area contributed by atoms with Crippen LogP contribution in [0.1, 0.15) is 6.92 Å². The third-order valence-electron chi connectivity index (χ3n) is 2.44. The van der Waals surface area contributed by atoms with Gasteiger partial charge in [-0.05, 0) is 31.2 Å². The molecule has 1 amide bonds. The van der Waals surface area contributed by atoms with Gasteiger partial charge in [-0.25, -0.2) is 13.6 Å². The van der Waals surface area contributed by atoms with Crippen molar-refractivity contribution in [1.29, 1.82) is 0 Å². The predicted molar refractivity (Wildman–Crippen MR) is 72.8 cm³/mol. The first-order chi connectivity index (χ1) is 9.34. The second-order valence-corrected chi connectivity index (χ2v) is 5.62. The molecule has 1 aromatic rings. The van der Waals surface area contributed by atoms with Crippen molar-refractivity contribution in [3.63, 3.8) is 0 Å². The average molecular weight is 302 g/mol. The number of hydrogen-bond acceptors (Lipinski definition) is 5. The van der Waals surface area contributed by atoms with E-state index in [4.69, 9.17) is 14.6 Å². The third-order valence-corrected chi connectivity index (χ3v) is 3.37. The van der Waals surface area contributed by atoms with E-state index in [2.05, 4.69) is 5.32 Å². The van der Waals surface area contributed by atoms with Gasteiger partial charge in [-0.1, -0.05) is 0 Å². The molecule has 0 saturated heterocycles. The molecule has 1 unspecified atom stereocenters. The number of carbonyl (C=O) groups excluding carboxylic acids is 1. The van der Waals surface area contributed by atoms with Crippen LogP contribution in [-0.4, -0.2) is 40.7 Å². The average Bonchev–Trinajstić information content (AvgIpc) is 2.38. The fourth-order valence-electron chi connectivity index (χ4n) is 1.39. The fourth-order valence-corrected chi connectivity index (χ4v) is 1.90. The molecule has 0 saturated carbocycles. The van der Waals surface area contributed by atoms with E-state index in [1.54, 1.807) is 14.0 Å². The van der Waals surface area contributed by atoms with Crippen molar-refractivity contribution in [2.45, 2.75) is 17.9 Å². The molecule has 7 nitrogen and oxygen atoms in total. The van der Waals surface area contributed by atoms with Gasteiger partial charge in [0.05, 0.1) is 11.5 Å². The lowest BCUT2D eigenvalue weighted by Gasteiger charge is -2.14. The van der Waals surface area contributed by atoms with Crippen molar-refractivity contribution in [2.75, 3.05) is 20.3 Å². The van der Waals surface area contributed by atoms with E-state index in [0.29, 0.717) is 18.9 Å². The van der Waals surface area contributed by atoms with Gasteiger partial charge in [0, 0.05) is 13.7 Å². The van der Waals surface area contributed by atoms with Gasteiger partial charge in [-0.15, -0.1) is 0 Å². The summed E-state index contributed by atoms with van der Waals surface area (Å²) in [7, 11) is -2.19. The number of sulfonamides is 1. The highest BCUT2D eigenvalue weighted by Gasteiger charge is 2.14. The van der Waals surface area contributed by atoms with E-state index in [-0.39, 0.29) is 10.8 Å². The van der Waals surface area contributed by atoms with Gasteiger partial charge in [0.15, 0.2) is 6.10 Å². The van der Waals surface area contributed by atoms with E-state index in [9.17, 15) is 13.2 Å². The number of nitrogens with two attached hydrogens (primary N) is 1. The second kappa shape index (κ2) is 7.22. The van der Waals surface area contributed by atoms with E-state index in [1.807, 2.05) is 0 Å². The van der Waals surface area contributed by atoms with Crippen molar-refractivity contribution < 1.29 is 22.7 Å². The number of hydrogen-bond donors (Lipinski definition) is 2. The molecule has 20 heavy (non-hydrogen) atoms. The number of benzene rings is 1. The Hall–Kier alpha value is -1.64. The van der Waals surface area contributed by atoms with Crippen LogP contribution in [0.25, 0.3) is 0 Å². The lowest BCUT2D eigenvalue weighted by Crippen LogP contribution is -2.37. The highest BCUT2D eigenvalue weighted by molar-refractivity contribution is 7.89. The third kappa shape index (κ3) is 5.16. The number of carbonyl (C=O) groups is 1. The summed E-state index contributed by atoms with van der Waals surface area (Å²) < 4.78 is 32.4. The Kier molecular flexibility index (Phi) is 5.93. The number of amides is 1. The van der Waals surface area contributed by atoms with Gasteiger partial charge in [0.1, 0.15) is 5.75 Å². The summed E-state index contributed by atoms with van der Waals surface area (Å²) in [6.45, 7) is 2.41. The van der Waals surface area contributed by atoms with Crippen LogP contribution in [0.2, 0.25) is 0 Å². The quantitative estimate of drug-likeness (QED) is 0.682. The van der Waals surface area contributed by atoms with Gasteiger partial charge in [-0.2, -0.15) is 0 Å². The molecule has 0 aliphatic heterocycles. The first-order valence-corrected chi connectivity index (χ1v) is 7.45. The number of methoxy groups -OCH3 is 1. The lowest BCUT2D eigenvalue weighted by atomic mass is 10.3. The molecular formula is C12H18N2O5S. The summed E-state index contributed by atoms with van der Waals surface area (Å²) in [5.74, 6) is 0.101. The summed E-state index contributed by atoms with van der Waals surface area (Å²) in [4.78, 5) is 11.6. The van der Waals surface area contributed by atoms with E-state index >= 15 is 0 Å². The Balaban J connectivity index is 2.58. The van der Waals surface area contributed by atoms with E-state index in [1.165, 1.54) is 24.3 Å². The minimum absolute atomic E-state index is 0.0120. The highest BCUT2D eigenvalue weighted by Crippen LogP contribution is 2.16. The van der Waals surface area contributed by atoms with Crippen molar-refractivity contribution in [3.8, 4) is 5.75 Å². The van der Waals surface area contributed by atoms with Crippen LogP contribution in [-0.2, 0) is 19.6 Å². The van der Waals surface area contributed by atoms with Crippen LogP contribution in [0.4, 0.5) is 0 Å². The first-order valence-electron chi connectivity index (χ1n) is 5.90. The second-order valence-electron chi connectivity index (χ2n) is 4.06. The summed E-state index contributed by atoms with van der Waals surface area (Å²) in [6, 6.07) is 5.53. The summed E-state index contributed by atoms with van der Waals surface area (Å²) in [6.07, 6.45) is -0.702. The molecule has 8 heteroatoms. The Morgan fingerprint density at radius 1 is 1.35 bits per heavy atom. The SMILES string of the molecule is COCCNC(=O)C(C)Oc1ccc(S(N)(=O)=O)cc1. The molecule has 0 heterocycles. The largest absolute Gasteiger partial charge is 0.481 e. The minimum atomic E-state index is -3.73. The van der Waals surface area contributed by atoms with Crippen LogP contribution >= 0.6 is 0 Å². The Labute approximate surface area is 118 Å². The number of nitrogens with one attached hydrogen (secondary N) is 1. The number of ether oxygens (including phenoxy) is 2. The molecule has 0 fully saturated rings. The van der Waals surface area contributed by atoms with Crippen molar-refractivity contribution in [2.24, 2.45) is 5.14 Å². The summed E-state index contributed by atoms with van der Waals surface area (Å²) >= 11 is 0. The monoisotopic (exact) mass is 302 g/mol. The Morgan fingerprint density at radius 3 is 2.45 bits per heavy atom. The molecule has 0 radical (unpaired) electrons. The van der Waals surface area contributed by atoms with Crippen molar-refractivity contribution in [3.05, 3.63) is 24.3 Å². The zero-order valence-corrected chi connectivity index (χ0v) is 12.1.